The number of carbonyl (C=O) groups is 3. The Bertz CT molecular complexity index is 1140. The molecule has 38 heavy (non-hydrogen) atoms. The normalized spacial score (nSPS) is 35.3. The summed E-state index contributed by atoms with van der Waals surface area (Å²) in [6, 6.07) is 8.48. The molecule has 2 amide bonds. The summed E-state index contributed by atoms with van der Waals surface area (Å²) < 4.78 is 4.05. The summed E-state index contributed by atoms with van der Waals surface area (Å²) in [4.78, 5) is 46.0. The van der Waals surface area contributed by atoms with Gasteiger partial charge in [-0.1, -0.05) is 74.9 Å². The van der Waals surface area contributed by atoms with Gasteiger partial charge in [-0.3, -0.25) is 14.4 Å². The van der Waals surface area contributed by atoms with Crippen LogP contribution in [0, 0.1) is 17.8 Å². The number of hydrogen-bond donors (Lipinski definition) is 1. The first-order valence-corrected chi connectivity index (χ1v) is 14.6. The molecule has 0 aromatic heterocycles. The maximum Gasteiger partial charge on any atom is 0.311 e. The van der Waals surface area contributed by atoms with Crippen molar-refractivity contribution < 1.29 is 24.2 Å². The van der Waals surface area contributed by atoms with E-state index in [2.05, 4.69) is 12.2 Å². The maximum atomic E-state index is 14.5. The highest BCUT2D eigenvalue weighted by atomic mass is 32.2. The third-order valence-electron chi connectivity index (χ3n) is 8.83. The van der Waals surface area contributed by atoms with Crippen LogP contribution in [-0.4, -0.2) is 74.0 Å². The number of likely N-dealkylation sites (tertiary alicyclic amines) is 1. The van der Waals surface area contributed by atoms with E-state index in [-0.39, 0.29) is 30.3 Å². The molecule has 5 rings (SSSR count). The van der Waals surface area contributed by atoms with E-state index < -0.39 is 33.4 Å². The molecule has 1 unspecified atom stereocenters. The lowest BCUT2D eigenvalue weighted by Crippen LogP contribution is -2.58. The number of cyclic esters (lactones) is 1. The number of benzene rings is 1. The van der Waals surface area contributed by atoms with Crippen molar-refractivity contribution >= 4 is 29.5 Å². The van der Waals surface area contributed by atoms with E-state index in [0.717, 1.165) is 24.8 Å². The van der Waals surface area contributed by atoms with Crippen molar-refractivity contribution in [2.75, 3.05) is 19.8 Å². The van der Waals surface area contributed by atoms with E-state index in [1.54, 1.807) is 21.6 Å². The van der Waals surface area contributed by atoms with Gasteiger partial charge in [-0.15, -0.1) is 11.8 Å². The summed E-state index contributed by atoms with van der Waals surface area (Å²) in [5, 5.41) is 10.5. The Morgan fingerprint density at radius 2 is 1.87 bits per heavy atom. The Morgan fingerprint density at radius 1 is 1.11 bits per heavy atom. The molecule has 0 radical (unpaired) electrons. The molecule has 1 aromatic rings. The smallest absolute Gasteiger partial charge is 0.311 e. The highest BCUT2D eigenvalue weighted by molar-refractivity contribution is 8.02. The van der Waals surface area contributed by atoms with E-state index in [0.29, 0.717) is 19.7 Å². The molecule has 0 bridgehead atoms. The summed E-state index contributed by atoms with van der Waals surface area (Å²) in [5.74, 6) is -2.26. The zero-order valence-corrected chi connectivity index (χ0v) is 23.2. The van der Waals surface area contributed by atoms with Gasteiger partial charge in [-0.05, 0) is 31.2 Å². The van der Waals surface area contributed by atoms with Crippen LogP contribution in [0.3, 0.4) is 0 Å². The predicted octanol–water partition coefficient (Wildman–Crippen LogP) is 3.57. The number of allylic oxidation sites excluding steroid dienone is 1. The van der Waals surface area contributed by atoms with Gasteiger partial charge in [0.2, 0.25) is 11.8 Å². The van der Waals surface area contributed by atoms with E-state index in [9.17, 15) is 19.5 Å². The fraction of sp³-hybridized carbons (Fsp3) is 0.567. The molecule has 7 nitrogen and oxygen atoms in total. The topological polar surface area (TPSA) is 87.2 Å². The van der Waals surface area contributed by atoms with E-state index in [1.165, 1.54) is 0 Å². The first-order chi connectivity index (χ1) is 18.3. The van der Waals surface area contributed by atoms with Crippen molar-refractivity contribution in [1.29, 1.82) is 0 Å². The van der Waals surface area contributed by atoms with Crippen molar-refractivity contribution in [1.82, 2.24) is 9.80 Å². The fourth-order valence-corrected chi connectivity index (χ4v) is 8.88. The quantitative estimate of drug-likeness (QED) is 0.440. The third-order valence-corrected chi connectivity index (χ3v) is 10.6. The van der Waals surface area contributed by atoms with Gasteiger partial charge in [-0.25, -0.2) is 0 Å². The molecule has 1 aromatic carbocycles. The average molecular weight is 539 g/mol. The number of rotatable bonds is 6. The lowest BCUT2D eigenvalue weighted by atomic mass is 9.74. The molecule has 0 aliphatic carbocycles. The number of ether oxygens (including phenoxy) is 1. The number of hydrogen-bond acceptors (Lipinski definition) is 6. The second-order valence-electron chi connectivity index (χ2n) is 11.2. The SMILES string of the molecule is CC[C@H](C)[C@H](CO)N1C(=O)[C@@H]2[C@H]3C(=O)OCCC/C=C\[C@@]3(C)S[C@@]23C=CCN(Cc2ccccc2)C(=O)C13. The van der Waals surface area contributed by atoms with Gasteiger partial charge in [0.05, 0.1) is 35.8 Å². The van der Waals surface area contributed by atoms with Crippen LogP contribution >= 0.6 is 11.8 Å². The summed E-state index contributed by atoms with van der Waals surface area (Å²) in [7, 11) is 0. The number of amides is 2. The zero-order chi connectivity index (χ0) is 27.1. The van der Waals surface area contributed by atoms with Crippen LogP contribution in [0.25, 0.3) is 0 Å². The lowest BCUT2D eigenvalue weighted by Gasteiger charge is -2.41. The van der Waals surface area contributed by atoms with Gasteiger partial charge >= 0.3 is 5.97 Å². The molecular formula is C30H38N2O5S. The van der Waals surface area contributed by atoms with Gasteiger partial charge in [-0.2, -0.15) is 0 Å². The largest absolute Gasteiger partial charge is 0.465 e. The first kappa shape index (κ1) is 27.0. The maximum absolute atomic E-state index is 14.5. The molecule has 2 saturated heterocycles. The standard InChI is InChI=1S/C30H38N2O5S/c1-4-20(2)22(19-33)32-25-27(35)31(18-21-12-7-5-8-13-21)16-11-15-30(25)23(26(32)34)24-28(36)37-17-10-6-9-14-29(24,3)38-30/h5,7-9,11-15,20,22-25,33H,4,6,10,16-19H2,1-3H3/b14-9-/t20-,22-,23-,24-,25?,29+,30-/m0/s1. The number of carbonyl (C=O) groups excluding carboxylic acids is 3. The summed E-state index contributed by atoms with van der Waals surface area (Å²) >= 11 is 1.55. The molecule has 204 valence electrons. The minimum atomic E-state index is -0.942. The Balaban J connectivity index is 1.64. The molecule has 4 heterocycles. The number of nitrogens with zero attached hydrogens (tertiary/aromatic N) is 2. The number of thioether (sulfide) groups is 1. The summed E-state index contributed by atoms with van der Waals surface area (Å²) in [5.41, 5.74) is 1.01. The van der Waals surface area contributed by atoms with Crippen LogP contribution < -0.4 is 0 Å². The minimum Gasteiger partial charge on any atom is -0.465 e. The minimum absolute atomic E-state index is 0.0220. The molecule has 2 fully saturated rings. The van der Waals surface area contributed by atoms with E-state index >= 15 is 0 Å². The second-order valence-corrected chi connectivity index (χ2v) is 13.0. The van der Waals surface area contributed by atoms with Crippen LogP contribution in [0.15, 0.2) is 54.6 Å². The van der Waals surface area contributed by atoms with Gasteiger partial charge in [0.25, 0.3) is 0 Å². The van der Waals surface area contributed by atoms with Gasteiger partial charge in [0.15, 0.2) is 0 Å². The molecule has 4 aliphatic rings. The first-order valence-electron chi connectivity index (χ1n) is 13.8. The Kier molecular flexibility index (Phi) is 7.48. The van der Waals surface area contributed by atoms with Crippen molar-refractivity contribution in [2.24, 2.45) is 17.8 Å². The molecule has 4 aliphatic heterocycles. The van der Waals surface area contributed by atoms with E-state index in [4.69, 9.17) is 4.74 Å². The van der Waals surface area contributed by atoms with Crippen LogP contribution in [0.1, 0.15) is 45.6 Å². The molecular weight excluding hydrogens is 500 g/mol. The zero-order valence-electron chi connectivity index (χ0n) is 22.4. The number of aliphatic hydroxyl groups excluding tert-OH is 1. The van der Waals surface area contributed by atoms with Crippen LogP contribution in [0.4, 0.5) is 0 Å². The van der Waals surface area contributed by atoms with Crippen LogP contribution in [0.5, 0.6) is 0 Å². The Morgan fingerprint density at radius 3 is 2.58 bits per heavy atom. The highest BCUT2D eigenvalue weighted by Crippen LogP contribution is 2.65. The number of esters is 1. The third kappa shape index (κ3) is 4.30. The van der Waals surface area contributed by atoms with Crippen molar-refractivity contribution in [3.8, 4) is 0 Å². The lowest BCUT2D eigenvalue weighted by molar-refractivity contribution is -0.155. The molecule has 8 heteroatoms. The number of fused-ring (bicyclic) bond motifs is 2. The Labute approximate surface area is 229 Å². The van der Waals surface area contributed by atoms with Crippen molar-refractivity contribution in [3.63, 3.8) is 0 Å². The molecule has 1 spiro atoms. The average Bonchev–Trinajstić information content (AvgIpc) is 3.26. The van der Waals surface area contributed by atoms with Gasteiger partial charge < -0.3 is 19.6 Å². The van der Waals surface area contributed by atoms with Gasteiger partial charge in [0.1, 0.15) is 6.04 Å². The Hall–Kier alpha value is -2.58. The summed E-state index contributed by atoms with van der Waals surface area (Å²) in [6.45, 7) is 6.92. The molecule has 7 atom stereocenters. The molecule has 0 saturated carbocycles. The fourth-order valence-electron chi connectivity index (χ4n) is 6.74. The number of aliphatic hydroxyl groups is 1. The van der Waals surface area contributed by atoms with Crippen LogP contribution in [0.2, 0.25) is 0 Å². The predicted molar refractivity (Wildman–Crippen MR) is 147 cm³/mol. The molecule has 1 N–H and O–H groups in total. The van der Waals surface area contributed by atoms with Crippen molar-refractivity contribution in [2.45, 2.75) is 68.2 Å². The van der Waals surface area contributed by atoms with Crippen molar-refractivity contribution in [3.05, 3.63) is 60.2 Å². The summed E-state index contributed by atoms with van der Waals surface area (Å²) in [6.07, 6.45) is 10.4. The van der Waals surface area contributed by atoms with Crippen LogP contribution in [-0.2, 0) is 25.7 Å². The van der Waals surface area contributed by atoms with Gasteiger partial charge in [0, 0.05) is 17.8 Å². The monoisotopic (exact) mass is 538 g/mol. The second kappa shape index (κ2) is 10.5. The van der Waals surface area contributed by atoms with E-state index in [1.807, 2.05) is 63.3 Å². The highest BCUT2D eigenvalue weighted by Gasteiger charge is 2.74.